The molecule has 0 radical (unpaired) electrons. The zero-order valence-electron chi connectivity index (χ0n) is 7.00. The van der Waals surface area contributed by atoms with Crippen LogP contribution in [0.15, 0.2) is 12.4 Å². The van der Waals surface area contributed by atoms with Crippen molar-refractivity contribution < 1.29 is 9.53 Å². The van der Waals surface area contributed by atoms with E-state index in [1.807, 2.05) is 6.92 Å². The second-order valence-electron chi connectivity index (χ2n) is 2.39. The fourth-order valence-corrected chi connectivity index (χ4v) is 0.817. The highest BCUT2D eigenvalue weighted by Crippen LogP contribution is 2.08. The number of nitrogens with one attached hydrogen (secondary N) is 2. The van der Waals surface area contributed by atoms with E-state index >= 15 is 0 Å². The number of rotatable bonds is 2. The molecule has 1 rings (SSSR count). The first-order valence-electron chi connectivity index (χ1n) is 3.57. The Bertz CT molecular complexity index is 245. The molecule has 1 aromatic rings. The highest BCUT2D eigenvalue weighted by molar-refractivity contribution is 5.67. The number of ether oxygens (including phenoxy) is 1. The van der Waals surface area contributed by atoms with Crippen molar-refractivity contribution in [3.8, 4) is 0 Å². The maximum absolute atomic E-state index is 10.8. The van der Waals surface area contributed by atoms with Crippen LogP contribution in [0.4, 0.5) is 4.79 Å². The number of aromatic nitrogens is 2. The molecule has 0 bridgehead atoms. The molecule has 12 heavy (non-hydrogen) atoms. The summed E-state index contributed by atoms with van der Waals surface area (Å²) in [5.74, 6) is 0. The molecular weight excluding hydrogens is 158 g/mol. The van der Waals surface area contributed by atoms with Crippen LogP contribution in [0.25, 0.3) is 0 Å². The summed E-state index contributed by atoms with van der Waals surface area (Å²) in [6.45, 7) is 1.85. The van der Waals surface area contributed by atoms with E-state index in [2.05, 4.69) is 20.3 Å². The lowest BCUT2D eigenvalue weighted by Gasteiger charge is -2.09. The molecule has 5 heteroatoms. The zero-order valence-corrected chi connectivity index (χ0v) is 7.00. The Morgan fingerprint density at radius 1 is 1.83 bits per heavy atom. The molecule has 1 amide bonds. The van der Waals surface area contributed by atoms with Gasteiger partial charge in [0.15, 0.2) is 0 Å². The summed E-state index contributed by atoms with van der Waals surface area (Å²) in [5.41, 5.74) is 0.917. The number of hydrogen-bond acceptors (Lipinski definition) is 3. The number of alkyl carbamates (subject to hydrolysis) is 1. The van der Waals surface area contributed by atoms with Gasteiger partial charge in [-0.1, -0.05) is 0 Å². The van der Waals surface area contributed by atoms with Crippen molar-refractivity contribution in [1.82, 2.24) is 15.5 Å². The smallest absolute Gasteiger partial charge is 0.407 e. The predicted molar refractivity (Wildman–Crippen MR) is 42.5 cm³/mol. The fourth-order valence-electron chi connectivity index (χ4n) is 0.817. The van der Waals surface area contributed by atoms with E-state index in [1.54, 1.807) is 12.4 Å². The Kier molecular flexibility index (Phi) is 2.68. The van der Waals surface area contributed by atoms with Gasteiger partial charge in [0.1, 0.15) is 0 Å². The Morgan fingerprint density at radius 2 is 2.58 bits per heavy atom. The van der Waals surface area contributed by atoms with Crippen molar-refractivity contribution in [3.05, 3.63) is 18.0 Å². The lowest BCUT2D eigenvalue weighted by molar-refractivity contribution is 0.167. The van der Waals surface area contributed by atoms with Gasteiger partial charge in [0, 0.05) is 11.8 Å². The van der Waals surface area contributed by atoms with Crippen molar-refractivity contribution in [2.45, 2.75) is 13.0 Å². The van der Waals surface area contributed by atoms with Crippen molar-refractivity contribution in [1.29, 1.82) is 0 Å². The Hall–Kier alpha value is -1.52. The average Bonchev–Trinajstić information content (AvgIpc) is 2.56. The largest absolute Gasteiger partial charge is 0.453 e. The summed E-state index contributed by atoms with van der Waals surface area (Å²) in [7, 11) is 1.33. The van der Waals surface area contributed by atoms with Crippen LogP contribution in [0, 0.1) is 0 Å². The number of carbonyl (C=O) groups is 1. The molecule has 1 atom stereocenters. The molecule has 2 N–H and O–H groups in total. The highest BCUT2D eigenvalue weighted by Gasteiger charge is 2.09. The molecule has 66 valence electrons. The summed E-state index contributed by atoms with van der Waals surface area (Å²) in [6.07, 6.45) is 2.94. The minimum absolute atomic E-state index is 0.0869. The van der Waals surface area contributed by atoms with Gasteiger partial charge in [-0.3, -0.25) is 5.10 Å². The molecule has 0 saturated carbocycles. The first kappa shape index (κ1) is 8.58. The van der Waals surface area contributed by atoms with E-state index in [1.165, 1.54) is 7.11 Å². The van der Waals surface area contributed by atoms with Crippen LogP contribution < -0.4 is 5.32 Å². The number of amides is 1. The maximum Gasteiger partial charge on any atom is 0.407 e. The minimum atomic E-state index is -0.441. The van der Waals surface area contributed by atoms with Gasteiger partial charge in [-0.2, -0.15) is 5.10 Å². The van der Waals surface area contributed by atoms with Crippen molar-refractivity contribution in [3.63, 3.8) is 0 Å². The third-order valence-corrected chi connectivity index (χ3v) is 1.54. The second-order valence-corrected chi connectivity index (χ2v) is 2.39. The molecule has 0 fully saturated rings. The van der Waals surface area contributed by atoms with Crippen LogP contribution in [0.5, 0.6) is 0 Å². The average molecular weight is 169 g/mol. The van der Waals surface area contributed by atoms with E-state index in [4.69, 9.17) is 0 Å². The third kappa shape index (κ3) is 1.98. The van der Waals surface area contributed by atoms with Crippen LogP contribution in [0.1, 0.15) is 18.5 Å². The number of hydrogen-bond donors (Lipinski definition) is 2. The number of H-pyrrole nitrogens is 1. The number of methoxy groups -OCH3 is 1. The first-order valence-corrected chi connectivity index (χ1v) is 3.57. The van der Waals surface area contributed by atoms with E-state index in [9.17, 15) is 4.79 Å². The van der Waals surface area contributed by atoms with Gasteiger partial charge >= 0.3 is 6.09 Å². The SMILES string of the molecule is COC(=O)NC(C)c1cn[nH]c1. The monoisotopic (exact) mass is 169 g/mol. The quantitative estimate of drug-likeness (QED) is 0.689. The summed E-state index contributed by atoms with van der Waals surface area (Å²) >= 11 is 0. The van der Waals surface area contributed by atoms with Crippen LogP contribution in [0.3, 0.4) is 0 Å². The second kappa shape index (κ2) is 3.75. The molecule has 0 aliphatic rings. The molecule has 5 nitrogen and oxygen atoms in total. The number of carbonyl (C=O) groups excluding carboxylic acids is 1. The Labute approximate surface area is 70.1 Å². The summed E-state index contributed by atoms with van der Waals surface area (Å²) in [5, 5.41) is 9.03. The molecule has 1 unspecified atom stereocenters. The fraction of sp³-hybridized carbons (Fsp3) is 0.429. The molecular formula is C7H11N3O2. The van der Waals surface area contributed by atoms with Crippen LogP contribution in [-0.4, -0.2) is 23.4 Å². The summed E-state index contributed by atoms with van der Waals surface area (Å²) < 4.78 is 4.44. The molecule has 0 saturated heterocycles. The highest BCUT2D eigenvalue weighted by atomic mass is 16.5. The predicted octanol–water partition coefficient (Wildman–Crippen LogP) is 0.827. The van der Waals surface area contributed by atoms with Gasteiger partial charge in [0.2, 0.25) is 0 Å². The Balaban J connectivity index is 2.49. The standard InChI is InChI=1S/C7H11N3O2/c1-5(10-7(11)12-2)6-3-8-9-4-6/h3-5H,1-2H3,(H,8,9)(H,10,11). The van der Waals surface area contributed by atoms with Gasteiger partial charge in [0.05, 0.1) is 19.3 Å². The van der Waals surface area contributed by atoms with Gasteiger partial charge in [-0.05, 0) is 6.92 Å². The van der Waals surface area contributed by atoms with E-state index in [0.717, 1.165) is 5.56 Å². The molecule has 1 aromatic heterocycles. The number of nitrogens with zero attached hydrogens (tertiary/aromatic N) is 1. The minimum Gasteiger partial charge on any atom is -0.453 e. The van der Waals surface area contributed by atoms with Gasteiger partial charge in [0.25, 0.3) is 0 Å². The van der Waals surface area contributed by atoms with E-state index in [-0.39, 0.29) is 6.04 Å². The summed E-state index contributed by atoms with van der Waals surface area (Å²) in [6, 6.07) is -0.0869. The van der Waals surface area contributed by atoms with Crippen LogP contribution >= 0.6 is 0 Å². The summed E-state index contributed by atoms with van der Waals surface area (Å²) in [4.78, 5) is 10.8. The van der Waals surface area contributed by atoms with Crippen molar-refractivity contribution in [2.75, 3.05) is 7.11 Å². The molecule has 1 heterocycles. The van der Waals surface area contributed by atoms with Crippen LogP contribution in [-0.2, 0) is 4.74 Å². The van der Waals surface area contributed by atoms with Crippen LogP contribution in [0.2, 0.25) is 0 Å². The molecule has 0 aliphatic carbocycles. The lowest BCUT2D eigenvalue weighted by atomic mass is 10.2. The molecule has 0 aliphatic heterocycles. The maximum atomic E-state index is 10.8. The van der Waals surface area contributed by atoms with Crippen molar-refractivity contribution >= 4 is 6.09 Å². The van der Waals surface area contributed by atoms with E-state index < -0.39 is 6.09 Å². The lowest BCUT2D eigenvalue weighted by Crippen LogP contribution is -2.25. The molecule has 0 aromatic carbocycles. The molecule has 0 spiro atoms. The first-order chi connectivity index (χ1) is 5.74. The number of aromatic amines is 1. The topological polar surface area (TPSA) is 67.0 Å². The third-order valence-electron chi connectivity index (χ3n) is 1.54. The van der Waals surface area contributed by atoms with Gasteiger partial charge < -0.3 is 10.1 Å². The normalized spacial score (nSPS) is 12.2. The zero-order chi connectivity index (χ0) is 8.97. The Morgan fingerprint density at radius 3 is 3.08 bits per heavy atom. The van der Waals surface area contributed by atoms with Gasteiger partial charge in [-0.25, -0.2) is 4.79 Å². The van der Waals surface area contributed by atoms with Crippen molar-refractivity contribution in [2.24, 2.45) is 0 Å². The van der Waals surface area contributed by atoms with Gasteiger partial charge in [-0.15, -0.1) is 0 Å². The van der Waals surface area contributed by atoms with E-state index in [0.29, 0.717) is 0 Å².